The van der Waals surface area contributed by atoms with E-state index in [0.717, 1.165) is 66.1 Å². The summed E-state index contributed by atoms with van der Waals surface area (Å²) in [6.07, 6.45) is 4.35. The van der Waals surface area contributed by atoms with Gasteiger partial charge in [0.1, 0.15) is 12.4 Å². The van der Waals surface area contributed by atoms with Gasteiger partial charge >= 0.3 is 6.03 Å². The fourth-order valence-corrected chi connectivity index (χ4v) is 4.13. The average molecular weight is 445 g/mol. The molecule has 1 aliphatic heterocycles. The Bertz CT molecular complexity index is 1130. The van der Waals surface area contributed by atoms with Crippen molar-refractivity contribution in [1.29, 1.82) is 0 Å². The maximum atomic E-state index is 11.7. The second kappa shape index (κ2) is 11.0. The predicted octanol–water partition coefficient (Wildman–Crippen LogP) is 5.24. The van der Waals surface area contributed by atoms with Gasteiger partial charge in [-0.05, 0) is 68.7 Å². The number of nitrogens with one attached hydrogen (secondary N) is 2. The fourth-order valence-electron chi connectivity index (χ4n) is 4.13. The molecule has 33 heavy (non-hydrogen) atoms. The first-order valence-electron chi connectivity index (χ1n) is 11.7. The molecule has 2 N–H and O–H groups in total. The van der Waals surface area contributed by atoms with Crippen LogP contribution >= 0.6 is 0 Å². The van der Waals surface area contributed by atoms with Gasteiger partial charge in [-0.2, -0.15) is 0 Å². The summed E-state index contributed by atoms with van der Waals surface area (Å²) >= 11 is 0. The number of likely N-dealkylation sites (tertiary alicyclic amines) is 1. The highest BCUT2D eigenvalue weighted by Gasteiger charge is 2.14. The lowest BCUT2D eigenvalue weighted by molar-refractivity contribution is 0.200. The summed E-state index contributed by atoms with van der Waals surface area (Å²) in [5, 5.41) is 6.69. The Kier molecular flexibility index (Phi) is 7.58. The number of urea groups is 1. The predicted molar refractivity (Wildman–Crippen MR) is 135 cm³/mol. The molecular weight excluding hydrogens is 412 g/mol. The third-order valence-electron chi connectivity index (χ3n) is 5.85. The number of carbonyl (C=O) groups is 1. The molecule has 0 atom stereocenters. The number of anilines is 1. The highest BCUT2D eigenvalue weighted by atomic mass is 16.5. The first kappa shape index (κ1) is 22.8. The largest absolute Gasteiger partial charge is 0.492 e. The van der Waals surface area contributed by atoms with Crippen LogP contribution in [0, 0.1) is 6.92 Å². The van der Waals surface area contributed by atoms with Gasteiger partial charge in [0.25, 0.3) is 0 Å². The van der Waals surface area contributed by atoms with Crippen LogP contribution in [0.25, 0.3) is 17.0 Å². The molecule has 1 fully saturated rings. The minimum Gasteiger partial charge on any atom is -0.492 e. The summed E-state index contributed by atoms with van der Waals surface area (Å²) in [5.74, 6) is 0.902. The van der Waals surface area contributed by atoms with Gasteiger partial charge in [0.15, 0.2) is 0 Å². The molecule has 0 radical (unpaired) electrons. The van der Waals surface area contributed by atoms with Gasteiger partial charge in [-0.15, -0.1) is 0 Å². The standard InChI is InChI=1S/C27H32N4O2/c1-3-28-27(32)30-23-7-4-6-22(19-23)18-21-12-14-31(15-13-21)16-17-33-26-9-5-8-25-24(26)11-10-20(2)29-25/h4-11,18-19H,3,12-17H2,1-2H3,(H2,28,30,32). The number of aromatic nitrogens is 1. The molecule has 0 spiro atoms. The normalized spacial score (nSPS) is 14.2. The lowest BCUT2D eigenvalue weighted by Gasteiger charge is -2.28. The molecule has 1 aliphatic rings. The smallest absolute Gasteiger partial charge is 0.319 e. The second-order valence-corrected chi connectivity index (χ2v) is 8.38. The monoisotopic (exact) mass is 444 g/mol. The Morgan fingerprint density at radius 2 is 1.94 bits per heavy atom. The van der Waals surface area contributed by atoms with Crippen molar-refractivity contribution in [2.45, 2.75) is 26.7 Å². The van der Waals surface area contributed by atoms with Crippen molar-refractivity contribution in [1.82, 2.24) is 15.2 Å². The Hall–Kier alpha value is -3.38. The molecule has 1 aromatic heterocycles. The maximum Gasteiger partial charge on any atom is 0.319 e. The van der Waals surface area contributed by atoms with Crippen LogP contribution in [0.1, 0.15) is 31.0 Å². The van der Waals surface area contributed by atoms with E-state index < -0.39 is 0 Å². The van der Waals surface area contributed by atoms with Crippen LogP contribution in [0.4, 0.5) is 10.5 Å². The van der Waals surface area contributed by atoms with Crippen LogP contribution in [-0.2, 0) is 0 Å². The Morgan fingerprint density at radius 3 is 2.76 bits per heavy atom. The highest BCUT2D eigenvalue weighted by molar-refractivity contribution is 5.89. The molecule has 172 valence electrons. The van der Waals surface area contributed by atoms with Gasteiger partial charge in [0.05, 0.1) is 5.52 Å². The molecule has 0 bridgehead atoms. The number of hydrogen-bond acceptors (Lipinski definition) is 4. The topological polar surface area (TPSA) is 66.5 Å². The van der Waals surface area contributed by atoms with Crippen molar-refractivity contribution in [3.8, 4) is 5.75 Å². The Morgan fingerprint density at radius 1 is 1.12 bits per heavy atom. The molecule has 2 heterocycles. The van der Waals surface area contributed by atoms with Crippen molar-refractivity contribution in [3.05, 3.63) is 71.4 Å². The maximum absolute atomic E-state index is 11.7. The highest BCUT2D eigenvalue weighted by Crippen LogP contribution is 2.25. The number of piperidine rings is 1. The molecule has 2 aromatic carbocycles. The van der Waals surface area contributed by atoms with Crippen LogP contribution in [0.15, 0.2) is 60.2 Å². The van der Waals surface area contributed by atoms with E-state index in [2.05, 4.69) is 38.7 Å². The van der Waals surface area contributed by atoms with Crippen LogP contribution in [0.2, 0.25) is 0 Å². The van der Waals surface area contributed by atoms with Crippen molar-refractivity contribution in [2.75, 3.05) is 38.1 Å². The first-order chi connectivity index (χ1) is 16.1. The summed E-state index contributed by atoms with van der Waals surface area (Å²) in [5.41, 5.74) is 5.37. The van der Waals surface area contributed by atoms with Gasteiger partial charge in [-0.25, -0.2) is 4.79 Å². The van der Waals surface area contributed by atoms with E-state index in [1.54, 1.807) is 0 Å². The Balaban J connectivity index is 1.27. The number of hydrogen-bond donors (Lipinski definition) is 2. The molecule has 0 saturated carbocycles. The molecular formula is C27H32N4O2. The van der Waals surface area contributed by atoms with E-state index in [1.807, 2.05) is 56.3 Å². The number of carbonyl (C=O) groups excluding carboxylic acids is 1. The van der Waals surface area contributed by atoms with Crippen LogP contribution in [-0.4, -0.2) is 48.7 Å². The van der Waals surface area contributed by atoms with Crippen molar-refractivity contribution in [3.63, 3.8) is 0 Å². The van der Waals surface area contributed by atoms with Gasteiger partial charge < -0.3 is 15.4 Å². The van der Waals surface area contributed by atoms with Crippen molar-refractivity contribution in [2.24, 2.45) is 0 Å². The average Bonchev–Trinajstić information content (AvgIpc) is 2.80. The molecule has 6 nitrogen and oxygen atoms in total. The molecule has 2 amide bonds. The van der Waals surface area contributed by atoms with Crippen LogP contribution in [0.3, 0.4) is 0 Å². The zero-order valence-electron chi connectivity index (χ0n) is 19.4. The van der Waals surface area contributed by atoms with Crippen molar-refractivity contribution >= 4 is 28.7 Å². The summed E-state index contributed by atoms with van der Waals surface area (Å²) < 4.78 is 6.11. The van der Waals surface area contributed by atoms with Gasteiger partial charge in [0, 0.05) is 42.9 Å². The lowest BCUT2D eigenvalue weighted by atomic mass is 10.0. The summed E-state index contributed by atoms with van der Waals surface area (Å²) in [6.45, 7) is 8.15. The Labute approximate surface area is 195 Å². The number of pyridine rings is 1. The summed E-state index contributed by atoms with van der Waals surface area (Å²) in [6, 6.07) is 18.0. The quantitative estimate of drug-likeness (QED) is 0.523. The van der Waals surface area contributed by atoms with E-state index >= 15 is 0 Å². The van der Waals surface area contributed by atoms with Crippen molar-refractivity contribution < 1.29 is 9.53 Å². The van der Waals surface area contributed by atoms with Gasteiger partial charge in [-0.3, -0.25) is 9.88 Å². The number of fused-ring (bicyclic) bond motifs is 1. The number of ether oxygens (including phenoxy) is 1. The molecule has 4 rings (SSSR count). The van der Waals surface area contributed by atoms with Crippen LogP contribution < -0.4 is 15.4 Å². The third kappa shape index (κ3) is 6.33. The van der Waals surface area contributed by atoms with Crippen LogP contribution in [0.5, 0.6) is 5.75 Å². The number of aryl methyl sites for hydroxylation is 1. The number of benzene rings is 2. The molecule has 0 aliphatic carbocycles. The van der Waals surface area contributed by atoms with E-state index in [-0.39, 0.29) is 6.03 Å². The van der Waals surface area contributed by atoms with E-state index in [1.165, 1.54) is 5.57 Å². The summed E-state index contributed by atoms with van der Waals surface area (Å²) in [4.78, 5) is 18.8. The van der Waals surface area contributed by atoms with Gasteiger partial charge in [-0.1, -0.05) is 29.8 Å². The van der Waals surface area contributed by atoms with E-state index in [0.29, 0.717) is 13.2 Å². The van der Waals surface area contributed by atoms with Gasteiger partial charge in [0.2, 0.25) is 0 Å². The molecule has 6 heteroatoms. The number of amides is 2. The molecule has 1 saturated heterocycles. The molecule has 0 unspecified atom stereocenters. The van der Waals surface area contributed by atoms with E-state index in [9.17, 15) is 4.79 Å². The minimum atomic E-state index is -0.173. The SMILES string of the molecule is CCNC(=O)Nc1cccc(C=C2CCN(CCOc3cccc4nc(C)ccc34)CC2)c1. The zero-order valence-corrected chi connectivity index (χ0v) is 19.4. The molecule has 3 aromatic rings. The van der Waals surface area contributed by atoms with E-state index in [4.69, 9.17) is 4.74 Å². The lowest BCUT2D eigenvalue weighted by Crippen LogP contribution is -2.34. The fraction of sp³-hybridized carbons (Fsp3) is 0.333. The zero-order chi connectivity index (χ0) is 23.0. The second-order valence-electron chi connectivity index (χ2n) is 8.38. The minimum absolute atomic E-state index is 0.173. The number of rotatable bonds is 7. The first-order valence-corrected chi connectivity index (χ1v) is 11.7. The third-order valence-corrected chi connectivity index (χ3v) is 5.85. The summed E-state index contributed by atoms with van der Waals surface area (Å²) in [7, 11) is 0. The number of nitrogens with zero attached hydrogens (tertiary/aromatic N) is 2.